The van der Waals surface area contributed by atoms with Crippen LogP contribution in [-0.2, 0) is 16.0 Å². The van der Waals surface area contributed by atoms with Crippen molar-refractivity contribution in [3.63, 3.8) is 0 Å². The van der Waals surface area contributed by atoms with Crippen molar-refractivity contribution in [2.45, 2.75) is 19.3 Å². The Morgan fingerprint density at radius 3 is 2.46 bits per heavy atom. The molecular weight excluding hydrogens is 356 g/mol. The molecule has 1 aromatic heterocycles. The molecule has 0 saturated carbocycles. The highest BCUT2D eigenvalue weighted by Gasteiger charge is 2.16. The zero-order chi connectivity index (χ0) is 20.1. The molecule has 146 valence electrons. The average molecular weight is 380 g/mol. The first-order valence-electron chi connectivity index (χ1n) is 9.19. The molecule has 3 aromatic rings. The van der Waals surface area contributed by atoms with Crippen molar-refractivity contribution in [2.24, 2.45) is 0 Å². The highest BCUT2D eigenvalue weighted by molar-refractivity contribution is 5.91. The van der Waals surface area contributed by atoms with Crippen LogP contribution in [0.1, 0.15) is 18.4 Å². The Morgan fingerprint density at radius 1 is 1.07 bits per heavy atom. The molecule has 0 aliphatic rings. The fourth-order valence-electron chi connectivity index (χ4n) is 3.27. The molecule has 0 aliphatic heterocycles. The van der Waals surface area contributed by atoms with Gasteiger partial charge in [-0.3, -0.25) is 9.59 Å². The number of methoxy groups -OCH3 is 1. The monoisotopic (exact) mass is 380 g/mol. The molecule has 0 unspecified atom stereocenters. The van der Waals surface area contributed by atoms with Crippen LogP contribution in [0.2, 0.25) is 0 Å². The standard InChI is InChI=1S/C22H24N2O4/c1-24(14-13-21(26)27)20(25)12-11-18-17-5-3-4-6-19(17)23-22(18)15-7-9-16(28-2)10-8-15/h3-10,23H,11-14H2,1-2H3,(H,26,27). The number of aryl methyl sites for hydroxylation is 1. The molecule has 0 bridgehead atoms. The van der Waals surface area contributed by atoms with Gasteiger partial charge < -0.3 is 19.7 Å². The highest BCUT2D eigenvalue weighted by Crippen LogP contribution is 2.32. The maximum absolute atomic E-state index is 12.4. The number of carbonyl (C=O) groups is 2. The van der Waals surface area contributed by atoms with Crippen LogP contribution in [0.3, 0.4) is 0 Å². The summed E-state index contributed by atoms with van der Waals surface area (Å²) in [7, 11) is 3.28. The van der Waals surface area contributed by atoms with E-state index in [1.165, 1.54) is 4.90 Å². The van der Waals surface area contributed by atoms with Gasteiger partial charge in [-0.15, -0.1) is 0 Å². The van der Waals surface area contributed by atoms with Crippen LogP contribution >= 0.6 is 0 Å². The second-order valence-electron chi connectivity index (χ2n) is 6.71. The molecule has 1 heterocycles. The molecule has 0 fully saturated rings. The summed E-state index contributed by atoms with van der Waals surface area (Å²) >= 11 is 0. The van der Waals surface area contributed by atoms with Crippen molar-refractivity contribution in [2.75, 3.05) is 20.7 Å². The van der Waals surface area contributed by atoms with Gasteiger partial charge in [-0.05, 0) is 47.9 Å². The number of fused-ring (bicyclic) bond motifs is 1. The molecule has 0 aliphatic carbocycles. The molecule has 1 amide bonds. The SMILES string of the molecule is COc1ccc(-c2[nH]c3ccccc3c2CCC(=O)N(C)CCC(=O)O)cc1. The average Bonchev–Trinajstić information content (AvgIpc) is 3.08. The van der Waals surface area contributed by atoms with E-state index < -0.39 is 5.97 Å². The molecule has 28 heavy (non-hydrogen) atoms. The third-order valence-electron chi connectivity index (χ3n) is 4.87. The molecule has 0 radical (unpaired) electrons. The van der Waals surface area contributed by atoms with Crippen LogP contribution in [-0.4, -0.2) is 47.6 Å². The quantitative estimate of drug-likeness (QED) is 0.624. The molecule has 2 aromatic carbocycles. The number of hydrogen-bond donors (Lipinski definition) is 2. The van der Waals surface area contributed by atoms with E-state index in [0.29, 0.717) is 12.8 Å². The lowest BCUT2D eigenvalue weighted by Gasteiger charge is -2.16. The number of aromatic nitrogens is 1. The number of ether oxygens (including phenoxy) is 1. The summed E-state index contributed by atoms with van der Waals surface area (Å²) in [5.74, 6) is -0.179. The summed E-state index contributed by atoms with van der Waals surface area (Å²) in [5, 5.41) is 9.88. The molecule has 0 saturated heterocycles. The number of amides is 1. The number of nitrogens with one attached hydrogen (secondary N) is 1. The predicted octanol–water partition coefficient (Wildman–Crippen LogP) is 3.71. The van der Waals surface area contributed by atoms with E-state index in [1.807, 2.05) is 48.5 Å². The molecule has 6 heteroatoms. The lowest BCUT2D eigenvalue weighted by atomic mass is 10.0. The lowest BCUT2D eigenvalue weighted by Crippen LogP contribution is -2.29. The van der Waals surface area contributed by atoms with Gasteiger partial charge >= 0.3 is 5.97 Å². The fourth-order valence-corrected chi connectivity index (χ4v) is 3.27. The van der Waals surface area contributed by atoms with E-state index in [1.54, 1.807) is 14.2 Å². The van der Waals surface area contributed by atoms with Crippen molar-refractivity contribution in [1.82, 2.24) is 9.88 Å². The zero-order valence-electron chi connectivity index (χ0n) is 16.1. The van der Waals surface area contributed by atoms with Crippen LogP contribution in [0, 0.1) is 0 Å². The van der Waals surface area contributed by atoms with Gasteiger partial charge in [0.05, 0.1) is 13.5 Å². The van der Waals surface area contributed by atoms with Crippen LogP contribution in [0.4, 0.5) is 0 Å². The Bertz CT molecular complexity index is 976. The van der Waals surface area contributed by atoms with E-state index in [4.69, 9.17) is 9.84 Å². The van der Waals surface area contributed by atoms with Crippen molar-refractivity contribution in [3.8, 4) is 17.0 Å². The van der Waals surface area contributed by atoms with Crippen LogP contribution < -0.4 is 4.74 Å². The zero-order valence-corrected chi connectivity index (χ0v) is 16.1. The van der Waals surface area contributed by atoms with Crippen LogP contribution in [0.15, 0.2) is 48.5 Å². The normalized spacial score (nSPS) is 10.8. The number of carboxylic acid groups (broad SMARTS) is 1. The summed E-state index contributed by atoms with van der Waals surface area (Å²) in [6.45, 7) is 0.216. The number of aliphatic carboxylic acids is 1. The van der Waals surface area contributed by atoms with E-state index in [2.05, 4.69) is 4.98 Å². The summed E-state index contributed by atoms with van der Waals surface area (Å²) in [6.07, 6.45) is 0.842. The maximum Gasteiger partial charge on any atom is 0.305 e. The Hall–Kier alpha value is -3.28. The maximum atomic E-state index is 12.4. The number of para-hydroxylation sites is 1. The Morgan fingerprint density at radius 2 is 1.79 bits per heavy atom. The minimum Gasteiger partial charge on any atom is -0.497 e. The summed E-state index contributed by atoms with van der Waals surface area (Å²) in [4.78, 5) is 28.1. The third kappa shape index (κ3) is 4.34. The van der Waals surface area contributed by atoms with Crippen LogP contribution in [0.5, 0.6) is 5.75 Å². The molecule has 0 atom stereocenters. The number of H-pyrrole nitrogens is 1. The van der Waals surface area contributed by atoms with Gasteiger partial charge in [0.2, 0.25) is 5.91 Å². The minimum absolute atomic E-state index is 0.0492. The number of hydrogen-bond acceptors (Lipinski definition) is 3. The number of carbonyl (C=O) groups excluding carboxylic acids is 1. The van der Waals surface area contributed by atoms with Gasteiger partial charge in [0.1, 0.15) is 5.75 Å². The molecule has 2 N–H and O–H groups in total. The number of rotatable bonds is 8. The van der Waals surface area contributed by atoms with Gasteiger partial charge in [0.25, 0.3) is 0 Å². The van der Waals surface area contributed by atoms with E-state index in [0.717, 1.165) is 33.5 Å². The molecule has 3 rings (SSSR count). The lowest BCUT2D eigenvalue weighted by molar-refractivity contribution is -0.138. The summed E-state index contributed by atoms with van der Waals surface area (Å²) in [5.41, 5.74) is 4.12. The smallest absolute Gasteiger partial charge is 0.305 e. The third-order valence-corrected chi connectivity index (χ3v) is 4.87. The Labute approximate surface area is 163 Å². The van der Waals surface area contributed by atoms with E-state index >= 15 is 0 Å². The summed E-state index contributed by atoms with van der Waals surface area (Å²) < 4.78 is 5.24. The van der Waals surface area contributed by atoms with Crippen molar-refractivity contribution in [3.05, 3.63) is 54.1 Å². The number of nitrogens with zero attached hydrogens (tertiary/aromatic N) is 1. The van der Waals surface area contributed by atoms with Crippen molar-refractivity contribution < 1.29 is 19.4 Å². The Balaban J connectivity index is 1.84. The van der Waals surface area contributed by atoms with Gasteiger partial charge in [0.15, 0.2) is 0 Å². The van der Waals surface area contributed by atoms with Gasteiger partial charge in [-0.25, -0.2) is 0 Å². The highest BCUT2D eigenvalue weighted by atomic mass is 16.5. The minimum atomic E-state index is -0.905. The molecule has 6 nitrogen and oxygen atoms in total. The van der Waals surface area contributed by atoms with Crippen molar-refractivity contribution in [1.29, 1.82) is 0 Å². The largest absolute Gasteiger partial charge is 0.497 e. The second-order valence-corrected chi connectivity index (χ2v) is 6.71. The molecule has 0 spiro atoms. The van der Waals surface area contributed by atoms with Gasteiger partial charge in [0, 0.05) is 36.6 Å². The van der Waals surface area contributed by atoms with Gasteiger partial charge in [-0.2, -0.15) is 0 Å². The first-order chi connectivity index (χ1) is 13.5. The predicted molar refractivity (Wildman–Crippen MR) is 108 cm³/mol. The van der Waals surface area contributed by atoms with Gasteiger partial charge in [-0.1, -0.05) is 18.2 Å². The first-order valence-corrected chi connectivity index (χ1v) is 9.19. The number of carboxylic acids is 1. The Kier molecular flexibility index (Phi) is 5.99. The second kappa shape index (κ2) is 8.61. The molecular formula is C22H24N2O4. The van der Waals surface area contributed by atoms with Crippen molar-refractivity contribution >= 4 is 22.8 Å². The van der Waals surface area contributed by atoms with E-state index in [-0.39, 0.29) is 18.9 Å². The summed E-state index contributed by atoms with van der Waals surface area (Å²) in [6, 6.07) is 15.8. The van der Waals surface area contributed by atoms with Crippen LogP contribution in [0.25, 0.3) is 22.2 Å². The number of aromatic amines is 1. The number of benzene rings is 2. The first kappa shape index (κ1) is 19.5. The fraction of sp³-hybridized carbons (Fsp3) is 0.273. The topological polar surface area (TPSA) is 82.6 Å². The van der Waals surface area contributed by atoms with E-state index in [9.17, 15) is 9.59 Å².